The van der Waals surface area contributed by atoms with E-state index in [4.69, 9.17) is 13.9 Å². The van der Waals surface area contributed by atoms with E-state index in [1.807, 2.05) is 54.6 Å². The standard InChI is InChI=1S/C22H19NO5S/c1-26-15-4-2-14(3-5-15)13-28-16-6-8-17(9-7-16)29-19-10-11-27-21(19)18-12-20(24)23-22(18)25/h2-11,18H,12-13H2,1H3,(H,23,24,25). The lowest BCUT2D eigenvalue weighted by Gasteiger charge is -2.09. The van der Waals surface area contributed by atoms with E-state index in [0.717, 1.165) is 26.9 Å². The molecule has 1 unspecified atom stereocenters. The van der Waals surface area contributed by atoms with Crippen molar-refractivity contribution < 1.29 is 23.5 Å². The smallest absolute Gasteiger partial charge is 0.237 e. The van der Waals surface area contributed by atoms with Crippen LogP contribution in [-0.2, 0) is 16.2 Å². The normalized spacial score (nSPS) is 16.0. The van der Waals surface area contributed by atoms with E-state index in [2.05, 4.69) is 5.32 Å². The van der Waals surface area contributed by atoms with Crippen LogP contribution in [0.5, 0.6) is 11.5 Å². The summed E-state index contributed by atoms with van der Waals surface area (Å²) in [6, 6.07) is 17.2. The molecule has 2 amide bonds. The van der Waals surface area contributed by atoms with Gasteiger partial charge in [0.25, 0.3) is 0 Å². The third-order valence-corrected chi connectivity index (χ3v) is 5.62. The molecule has 2 heterocycles. The number of carbonyl (C=O) groups excluding carboxylic acids is 2. The first-order valence-electron chi connectivity index (χ1n) is 9.07. The first kappa shape index (κ1) is 19.1. The molecule has 29 heavy (non-hydrogen) atoms. The van der Waals surface area contributed by atoms with E-state index in [0.29, 0.717) is 12.4 Å². The van der Waals surface area contributed by atoms with Gasteiger partial charge in [0.2, 0.25) is 11.8 Å². The molecule has 3 aromatic rings. The highest BCUT2D eigenvalue weighted by molar-refractivity contribution is 7.99. The number of amides is 2. The Kier molecular flexibility index (Phi) is 5.57. The van der Waals surface area contributed by atoms with Crippen LogP contribution in [0.25, 0.3) is 0 Å². The highest BCUT2D eigenvalue weighted by Crippen LogP contribution is 2.38. The Morgan fingerprint density at radius 2 is 1.76 bits per heavy atom. The van der Waals surface area contributed by atoms with Gasteiger partial charge in [-0.05, 0) is 48.0 Å². The molecule has 0 bridgehead atoms. The van der Waals surface area contributed by atoms with Crippen LogP contribution in [0.4, 0.5) is 0 Å². The Labute approximate surface area is 172 Å². The largest absolute Gasteiger partial charge is 0.497 e. The highest BCUT2D eigenvalue weighted by Gasteiger charge is 2.35. The van der Waals surface area contributed by atoms with Crippen molar-refractivity contribution in [3.8, 4) is 11.5 Å². The summed E-state index contributed by atoms with van der Waals surface area (Å²) in [5, 5.41) is 2.32. The maximum atomic E-state index is 11.9. The van der Waals surface area contributed by atoms with Gasteiger partial charge in [0.15, 0.2) is 0 Å². The minimum atomic E-state index is -0.563. The third-order valence-electron chi connectivity index (χ3n) is 4.56. The Morgan fingerprint density at radius 3 is 2.41 bits per heavy atom. The molecule has 7 heteroatoms. The van der Waals surface area contributed by atoms with Gasteiger partial charge >= 0.3 is 0 Å². The van der Waals surface area contributed by atoms with Gasteiger partial charge < -0.3 is 13.9 Å². The van der Waals surface area contributed by atoms with Gasteiger partial charge in [0, 0.05) is 11.3 Å². The van der Waals surface area contributed by atoms with Gasteiger partial charge in [-0.1, -0.05) is 23.9 Å². The SMILES string of the molecule is COc1ccc(COc2ccc(Sc3ccoc3C3CC(=O)NC3=O)cc2)cc1. The minimum Gasteiger partial charge on any atom is -0.497 e. The molecule has 1 aliphatic rings. The van der Waals surface area contributed by atoms with E-state index >= 15 is 0 Å². The zero-order valence-corrected chi connectivity index (χ0v) is 16.5. The van der Waals surface area contributed by atoms with Crippen molar-refractivity contribution in [3.05, 3.63) is 72.2 Å². The zero-order valence-electron chi connectivity index (χ0n) is 15.7. The van der Waals surface area contributed by atoms with Gasteiger partial charge in [-0.2, -0.15) is 0 Å². The summed E-state index contributed by atoms with van der Waals surface area (Å²) in [5.41, 5.74) is 1.05. The monoisotopic (exact) mass is 409 g/mol. The fourth-order valence-corrected chi connectivity index (χ4v) is 3.97. The quantitative estimate of drug-likeness (QED) is 0.591. The number of hydrogen-bond acceptors (Lipinski definition) is 6. The topological polar surface area (TPSA) is 77.8 Å². The van der Waals surface area contributed by atoms with E-state index in [1.54, 1.807) is 13.4 Å². The summed E-state index contributed by atoms with van der Waals surface area (Å²) < 4.78 is 16.5. The number of furan rings is 1. The second-order valence-corrected chi connectivity index (χ2v) is 7.64. The summed E-state index contributed by atoms with van der Waals surface area (Å²) in [5.74, 6) is 0.955. The number of imide groups is 1. The molecule has 1 aromatic heterocycles. The fraction of sp³-hybridized carbons (Fsp3) is 0.182. The van der Waals surface area contributed by atoms with Crippen LogP contribution in [0.1, 0.15) is 23.7 Å². The Bertz CT molecular complexity index is 1010. The number of carbonyl (C=O) groups is 2. The average Bonchev–Trinajstić information content (AvgIpc) is 3.33. The summed E-state index contributed by atoms with van der Waals surface area (Å²) in [7, 11) is 1.64. The number of methoxy groups -OCH3 is 1. The summed E-state index contributed by atoms with van der Waals surface area (Å²) >= 11 is 1.48. The van der Waals surface area contributed by atoms with Crippen LogP contribution < -0.4 is 14.8 Å². The van der Waals surface area contributed by atoms with Crippen LogP contribution in [0, 0.1) is 0 Å². The van der Waals surface area contributed by atoms with E-state index < -0.39 is 5.92 Å². The zero-order chi connectivity index (χ0) is 20.2. The Balaban J connectivity index is 1.38. The van der Waals surface area contributed by atoms with Crippen molar-refractivity contribution in [3.63, 3.8) is 0 Å². The second-order valence-electron chi connectivity index (χ2n) is 6.53. The molecule has 0 aliphatic carbocycles. The highest BCUT2D eigenvalue weighted by atomic mass is 32.2. The molecule has 0 radical (unpaired) electrons. The molecule has 148 valence electrons. The maximum Gasteiger partial charge on any atom is 0.237 e. The van der Waals surface area contributed by atoms with Gasteiger partial charge in [-0.3, -0.25) is 14.9 Å². The number of benzene rings is 2. The second kappa shape index (κ2) is 8.45. The predicted molar refractivity (Wildman–Crippen MR) is 107 cm³/mol. The molecular weight excluding hydrogens is 390 g/mol. The predicted octanol–water partition coefficient (Wildman–Crippen LogP) is 4.15. The van der Waals surface area contributed by atoms with Crippen LogP contribution in [0.3, 0.4) is 0 Å². The Hall–Kier alpha value is -3.19. The van der Waals surface area contributed by atoms with Crippen LogP contribution >= 0.6 is 11.8 Å². The molecule has 0 spiro atoms. The first-order valence-corrected chi connectivity index (χ1v) is 9.89. The molecule has 1 aliphatic heterocycles. The summed E-state index contributed by atoms with van der Waals surface area (Å²) in [4.78, 5) is 25.2. The number of hydrogen-bond donors (Lipinski definition) is 1. The third kappa shape index (κ3) is 4.46. The molecule has 2 aromatic carbocycles. The van der Waals surface area contributed by atoms with E-state index in [1.165, 1.54) is 11.8 Å². The van der Waals surface area contributed by atoms with Gasteiger partial charge in [0.1, 0.15) is 29.8 Å². The average molecular weight is 409 g/mol. The van der Waals surface area contributed by atoms with Crippen molar-refractivity contribution in [1.82, 2.24) is 5.32 Å². The minimum absolute atomic E-state index is 0.123. The van der Waals surface area contributed by atoms with Gasteiger partial charge in [0.05, 0.1) is 18.3 Å². The Morgan fingerprint density at radius 1 is 1.03 bits per heavy atom. The lowest BCUT2D eigenvalue weighted by Crippen LogP contribution is -2.21. The van der Waals surface area contributed by atoms with Gasteiger partial charge in [-0.15, -0.1) is 0 Å². The van der Waals surface area contributed by atoms with Crippen LogP contribution in [0.2, 0.25) is 0 Å². The fourth-order valence-electron chi connectivity index (χ4n) is 3.03. The van der Waals surface area contributed by atoms with E-state index in [9.17, 15) is 9.59 Å². The number of nitrogens with one attached hydrogen (secondary N) is 1. The molecule has 1 fully saturated rings. The molecule has 1 N–H and O–H groups in total. The maximum absolute atomic E-state index is 11.9. The van der Waals surface area contributed by atoms with Crippen LogP contribution in [-0.4, -0.2) is 18.9 Å². The van der Waals surface area contributed by atoms with Crippen molar-refractivity contribution in [2.75, 3.05) is 7.11 Å². The summed E-state index contributed by atoms with van der Waals surface area (Å²) in [6.45, 7) is 0.465. The lowest BCUT2D eigenvalue weighted by molar-refractivity contribution is -0.125. The van der Waals surface area contributed by atoms with Crippen molar-refractivity contribution in [2.24, 2.45) is 0 Å². The van der Waals surface area contributed by atoms with Crippen molar-refractivity contribution in [2.45, 2.75) is 28.7 Å². The van der Waals surface area contributed by atoms with Crippen molar-refractivity contribution in [1.29, 1.82) is 0 Å². The lowest BCUT2D eigenvalue weighted by atomic mass is 10.1. The van der Waals surface area contributed by atoms with Gasteiger partial charge in [-0.25, -0.2) is 0 Å². The van der Waals surface area contributed by atoms with Crippen molar-refractivity contribution >= 4 is 23.6 Å². The summed E-state index contributed by atoms with van der Waals surface area (Å²) in [6.07, 6.45) is 1.66. The number of ether oxygens (including phenoxy) is 2. The first-order chi connectivity index (χ1) is 14.1. The number of rotatable bonds is 7. The molecule has 6 nitrogen and oxygen atoms in total. The molecule has 1 saturated heterocycles. The molecule has 4 rings (SSSR count). The van der Waals surface area contributed by atoms with E-state index in [-0.39, 0.29) is 18.2 Å². The molecule has 1 atom stereocenters. The molecule has 0 saturated carbocycles. The van der Waals surface area contributed by atoms with Crippen LogP contribution in [0.15, 0.2) is 75.1 Å². The molecular formula is C22H19NO5S.